The molecule has 0 aliphatic rings. The first-order valence-corrected chi connectivity index (χ1v) is 13.4. The number of imidazole rings is 1. The second kappa shape index (κ2) is 11.0. The van der Waals surface area contributed by atoms with Crippen molar-refractivity contribution in [3.8, 4) is 11.1 Å². The Hall–Kier alpha value is -2.65. The molecule has 0 atom stereocenters. The zero-order valence-electron chi connectivity index (χ0n) is 19.6. The first-order valence-electron chi connectivity index (χ1n) is 11.1. The van der Waals surface area contributed by atoms with Crippen LogP contribution >= 0.6 is 11.3 Å². The maximum Gasteiger partial charge on any atom is 0.331 e. The Morgan fingerprint density at radius 1 is 1.24 bits per heavy atom. The maximum atomic E-state index is 13.2. The highest BCUT2D eigenvalue weighted by molar-refractivity contribution is 7.92. The van der Waals surface area contributed by atoms with E-state index in [9.17, 15) is 13.2 Å². The third-order valence-corrected chi connectivity index (χ3v) is 8.22. The quantitative estimate of drug-likeness (QED) is 0.436. The van der Waals surface area contributed by atoms with Crippen LogP contribution in [0.1, 0.15) is 44.1 Å². The van der Waals surface area contributed by atoms with Gasteiger partial charge in [0.1, 0.15) is 4.21 Å². The van der Waals surface area contributed by atoms with Gasteiger partial charge in [-0.25, -0.2) is 22.9 Å². The summed E-state index contributed by atoms with van der Waals surface area (Å²) >= 11 is 1.24. The van der Waals surface area contributed by atoms with Gasteiger partial charge in [-0.15, -0.1) is 11.3 Å². The number of benzene rings is 1. The van der Waals surface area contributed by atoms with Crippen LogP contribution in [0.3, 0.4) is 0 Å². The molecule has 0 aliphatic carbocycles. The summed E-state index contributed by atoms with van der Waals surface area (Å²) in [5.74, 6) is 0.388. The van der Waals surface area contributed by atoms with Crippen molar-refractivity contribution in [3.05, 3.63) is 59.5 Å². The number of rotatable bonds is 10. The highest BCUT2D eigenvalue weighted by Gasteiger charge is 2.26. The van der Waals surface area contributed by atoms with Gasteiger partial charge in [0.05, 0.1) is 6.33 Å². The van der Waals surface area contributed by atoms with Crippen LogP contribution in [-0.4, -0.2) is 42.5 Å². The van der Waals surface area contributed by atoms with E-state index in [1.54, 1.807) is 19.6 Å². The molecule has 0 bridgehead atoms. The molecule has 7 nitrogen and oxygen atoms in total. The third-order valence-electron chi connectivity index (χ3n) is 5.21. The molecule has 0 saturated carbocycles. The van der Waals surface area contributed by atoms with Gasteiger partial charge in [-0.2, -0.15) is 0 Å². The van der Waals surface area contributed by atoms with Crippen LogP contribution in [0.25, 0.3) is 11.1 Å². The molecule has 0 fully saturated rings. The highest BCUT2D eigenvalue weighted by Crippen LogP contribution is 2.36. The molecule has 3 aromatic rings. The summed E-state index contributed by atoms with van der Waals surface area (Å²) in [5.41, 5.74) is 2.52. The average molecular weight is 489 g/mol. The van der Waals surface area contributed by atoms with E-state index in [1.165, 1.54) is 16.2 Å². The summed E-state index contributed by atoms with van der Waals surface area (Å²) in [6, 6.07) is 9.17. The molecule has 9 heteroatoms. The topological polar surface area (TPSA) is 84.3 Å². The lowest BCUT2D eigenvalue weighted by atomic mass is 10.0. The van der Waals surface area contributed by atoms with Gasteiger partial charge >= 0.3 is 6.03 Å². The summed E-state index contributed by atoms with van der Waals surface area (Å²) in [7, 11) is -2.40. The van der Waals surface area contributed by atoms with Crippen LogP contribution in [0.4, 0.5) is 4.79 Å². The first-order chi connectivity index (χ1) is 15.7. The predicted molar refractivity (Wildman–Crippen MR) is 133 cm³/mol. The molecule has 0 spiro atoms. The minimum Gasteiger partial charge on any atom is -0.333 e. The Kier molecular flexibility index (Phi) is 8.31. The number of carbonyl (C=O) groups excluding carboxylic acids is 1. The van der Waals surface area contributed by atoms with Crippen LogP contribution in [0.5, 0.6) is 0 Å². The van der Waals surface area contributed by atoms with Crippen LogP contribution < -0.4 is 4.72 Å². The summed E-state index contributed by atoms with van der Waals surface area (Å²) < 4.78 is 30.9. The number of amides is 2. The SMILES string of the molecule is CCCCN(C)C(=O)NS(=O)(=O)c1sc(CC(C)C)cc1-c1ccc(Cn2ccnc2)cc1. The Morgan fingerprint density at radius 3 is 2.58 bits per heavy atom. The van der Waals surface area contributed by atoms with Crippen LogP contribution in [0.15, 0.2) is 53.3 Å². The maximum absolute atomic E-state index is 13.2. The number of sulfonamides is 1. The average Bonchev–Trinajstić information content (AvgIpc) is 3.42. The van der Waals surface area contributed by atoms with Crippen molar-refractivity contribution in [3.63, 3.8) is 0 Å². The van der Waals surface area contributed by atoms with Gasteiger partial charge in [0, 0.05) is 43.0 Å². The number of carbonyl (C=O) groups is 1. The van der Waals surface area contributed by atoms with Gasteiger partial charge in [-0.1, -0.05) is 51.5 Å². The van der Waals surface area contributed by atoms with Crippen molar-refractivity contribution in [2.45, 2.75) is 50.8 Å². The molecule has 33 heavy (non-hydrogen) atoms. The van der Waals surface area contributed by atoms with E-state index < -0.39 is 16.1 Å². The standard InChI is InChI=1S/C24H32N4O3S2/c1-5-6-12-27(4)24(29)26-33(30,31)23-22(15-21(32-23)14-18(2)3)20-9-7-19(8-10-20)16-28-13-11-25-17-28/h7-11,13,15,17-18H,5-6,12,14,16H2,1-4H3,(H,26,29). The molecular formula is C24H32N4O3S2. The number of nitrogens with one attached hydrogen (secondary N) is 1. The molecule has 2 amide bonds. The van der Waals surface area contributed by atoms with E-state index in [1.807, 2.05) is 48.0 Å². The highest BCUT2D eigenvalue weighted by atomic mass is 32.2. The Labute approximate surface area is 200 Å². The van der Waals surface area contributed by atoms with Crippen LogP contribution in [-0.2, 0) is 23.0 Å². The van der Waals surface area contributed by atoms with E-state index in [-0.39, 0.29) is 4.21 Å². The van der Waals surface area contributed by atoms with Crippen molar-refractivity contribution in [1.82, 2.24) is 19.2 Å². The summed E-state index contributed by atoms with van der Waals surface area (Å²) in [4.78, 5) is 19.0. The lowest BCUT2D eigenvalue weighted by Crippen LogP contribution is -2.40. The first kappa shape index (κ1) is 25.0. The predicted octanol–water partition coefficient (Wildman–Crippen LogP) is 4.99. The fraction of sp³-hybridized carbons (Fsp3) is 0.417. The lowest BCUT2D eigenvalue weighted by molar-refractivity contribution is 0.214. The van der Waals surface area contributed by atoms with Gasteiger partial charge in [0.2, 0.25) is 0 Å². The summed E-state index contributed by atoms with van der Waals surface area (Å²) in [6.45, 7) is 7.42. The van der Waals surface area contributed by atoms with E-state index >= 15 is 0 Å². The van der Waals surface area contributed by atoms with E-state index in [2.05, 4.69) is 23.6 Å². The monoisotopic (exact) mass is 488 g/mol. The van der Waals surface area contributed by atoms with Crippen LogP contribution in [0, 0.1) is 5.92 Å². The zero-order valence-corrected chi connectivity index (χ0v) is 21.2. The molecule has 1 aromatic carbocycles. The summed E-state index contributed by atoms with van der Waals surface area (Å²) in [6.07, 6.45) is 7.91. The van der Waals surface area contributed by atoms with Gasteiger partial charge in [0.15, 0.2) is 0 Å². The van der Waals surface area contributed by atoms with Crippen molar-refractivity contribution < 1.29 is 13.2 Å². The van der Waals surface area contributed by atoms with Crippen molar-refractivity contribution in [1.29, 1.82) is 0 Å². The molecule has 2 heterocycles. The van der Waals surface area contributed by atoms with Gasteiger partial charge < -0.3 is 9.47 Å². The largest absolute Gasteiger partial charge is 0.333 e. The second-order valence-corrected chi connectivity index (χ2v) is 11.6. The third kappa shape index (κ3) is 6.68. The van der Waals surface area contributed by atoms with Gasteiger partial charge in [-0.05, 0) is 36.0 Å². The minimum atomic E-state index is -4.01. The minimum absolute atomic E-state index is 0.178. The number of aromatic nitrogens is 2. The molecule has 0 radical (unpaired) electrons. The van der Waals surface area contributed by atoms with Gasteiger partial charge in [-0.3, -0.25) is 0 Å². The molecule has 178 valence electrons. The number of urea groups is 1. The molecule has 0 unspecified atom stereocenters. The molecule has 0 saturated heterocycles. The number of nitrogens with zero attached hydrogens (tertiary/aromatic N) is 3. The smallest absolute Gasteiger partial charge is 0.331 e. The lowest BCUT2D eigenvalue weighted by Gasteiger charge is -2.17. The Balaban J connectivity index is 1.89. The fourth-order valence-corrected chi connectivity index (χ4v) is 6.39. The van der Waals surface area contributed by atoms with Gasteiger partial charge in [0.25, 0.3) is 10.0 Å². The molecule has 1 N–H and O–H groups in total. The van der Waals surface area contributed by atoms with Crippen molar-refractivity contribution >= 4 is 27.4 Å². The van der Waals surface area contributed by atoms with Crippen LogP contribution in [0.2, 0.25) is 0 Å². The molecular weight excluding hydrogens is 456 g/mol. The zero-order chi connectivity index (χ0) is 24.0. The fourth-order valence-electron chi connectivity index (χ4n) is 3.44. The normalized spacial score (nSPS) is 11.7. The van der Waals surface area contributed by atoms with Crippen molar-refractivity contribution in [2.75, 3.05) is 13.6 Å². The van der Waals surface area contributed by atoms with E-state index in [4.69, 9.17) is 0 Å². The number of thiophene rings is 1. The Morgan fingerprint density at radius 2 is 1.97 bits per heavy atom. The molecule has 3 rings (SSSR count). The molecule has 2 aromatic heterocycles. The number of hydrogen-bond donors (Lipinski definition) is 1. The number of hydrogen-bond acceptors (Lipinski definition) is 5. The number of unbranched alkanes of at least 4 members (excludes halogenated alkanes) is 1. The second-order valence-electron chi connectivity index (χ2n) is 8.63. The van der Waals surface area contributed by atoms with E-state index in [0.29, 0.717) is 24.6 Å². The summed E-state index contributed by atoms with van der Waals surface area (Å²) in [5, 5.41) is 0. The van der Waals surface area contributed by atoms with E-state index in [0.717, 1.165) is 35.3 Å². The Bertz CT molecular complexity index is 1150. The van der Waals surface area contributed by atoms with Crippen molar-refractivity contribution in [2.24, 2.45) is 5.92 Å². The molecule has 0 aliphatic heterocycles.